The summed E-state index contributed by atoms with van der Waals surface area (Å²) in [7, 11) is -3.75. The van der Waals surface area contributed by atoms with Gasteiger partial charge in [-0.05, 0) is 31.0 Å². The fourth-order valence-electron chi connectivity index (χ4n) is 3.52. The minimum Gasteiger partial charge on any atom is -0.339 e. The van der Waals surface area contributed by atoms with Gasteiger partial charge >= 0.3 is 11.8 Å². The average molecular weight is 457 g/mol. The van der Waals surface area contributed by atoms with Crippen molar-refractivity contribution in [3.63, 3.8) is 0 Å². The lowest BCUT2D eigenvalue weighted by Crippen LogP contribution is -2.54. The Hall–Kier alpha value is -2.17. The molecule has 1 aromatic carbocycles. The third-order valence-electron chi connectivity index (χ3n) is 5.23. The van der Waals surface area contributed by atoms with Crippen LogP contribution in [0.3, 0.4) is 0 Å². The van der Waals surface area contributed by atoms with Crippen LogP contribution in [0.15, 0.2) is 29.2 Å². The van der Waals surface area contributed by atoms with Gasteiger partial charge in [-0.2, -0.15) is 0 Å². The van der Waals surface area contributed by atoms with E-state index in [-0.39, 0.29) is 23.8 Å². The van der Waals surface area contributed by atoms with Crippen LogP contribution in [0.2, 0.25) is 5.02 Å². The average Bonchev–Trinajstić information content (AvgIpc) is 3.27. The van der Waals surface area contributed by atoms with Crippen molar-refractivity contribution < 1.29 is 22.8 Å². The van der Waals surface area contributed by atoms with Gasteiger partial charge in [-0.25, -0.2) is 13.1 Å². The van der Waals surface area contributed by atoms with Gasteiger partial charge in [0.1, 0.15) is 0 Å². The number of sulfonamides is 1. The quantitative estimate of drug-likeness (QED) is 0.641. The zero-order valence-corrected chi connectivity index (χ0v) is 18.1. The normalized spacial score (nSPS) is 17.3. The Bertz CT molecular complexity index is 909. The van der Waals surface area contributed by atoms with Crippen LogP contribution in [0.25, 0.3) is 0 Å². The van der Waals surface area contributed by atoms with E-state index >= 15 is 0 Å². The number of piperazine rings is 1. The molecule has 1 N–H and O–H groups in total. The summed E-state index contributed by atoms with van der Waals surface area (Å²) in [5.74, 6) is -1.19. The molecule has 0 atom stereocenters. The standard InChI is InChI=1S/C19H25ClN4O5S/c20-15-4-3-5-16(14-15)30(28,29)21-7-6-17(25)22-10-12-24(13-11-22)19(27)18(26)23-8-1-2-9-23/h3-5,14,21H,1-2,6-13H2. The lowest BCUT2D eigenvalue weighted by Gasteiger charge is -2.35. The number of amides is 3. The number of carbonyl (C=O) groups excluding carboxylic acids is 3. The summed E-state index contributed by atoms with van der Waals surface area (Å²) in [4.78, 5) is 41.6. The maximum atomic E-state index is 12.4. The summed E-state index contributed by atoms with van der Waals surface area (Å²) in [6.45, 7) is 2.41. The molecule has 0 saturated carbocycles. The minimum absolute atomic E-state index is 0.000447. The first-order valence-electron chi connectivity index (χ1n) is 9.89. The number of benzene rings is 1. The molecule has 2 heterocycles. The SMILES string of the molecule is O=C(CCNS(=O)(=O)c1cccc(Cl)c1)N1CCN(C(=O)C(=O)N2CCCC2)CC1. The molecule has 0 bridgehead atoms. The van der Waals surface area contributed by atoms with E-state index in [9.17, 15) is 22.8 Å². The Balaban J connectivity index is 1.43. The van der Waals surface area contributed by atoms with E-state index in [0.717, 1.165) is 12.8 Å². The lowest BCUT2D eigenvalue weighted by atomic mass is 10.2. The van der Waals surface area contributed by atoms with Gasteiger partial charge in [0, 0.05) is 57.3 Å². The van der Waals surface area contributed by atoms with Crippen LogP contribution in [-0.4, -0.2) is 86.7 Å². The second kappa shape index (κ2) is 9.76. The Morgan fingerprint density at radius 3 is 2.07 bits per heavy atom. The van der Waals surface area contributed by atoms with E-state index in [1.807, 2.05) is 0 Å². The van der Waals surface area contributed by atoms with E-state index in [1.165, 1.54) is 23.1 Å². The van der Waals surface area contributed by atoms with Crippen molar-refractivity contribution in [2.75, 3.05) is 45.8 Å². The minimum atomic E-state index is -3.75. The van der Waals surface area contributed by atoms with Crippen molar-refractivity contribution in [3.05, 3.63) is 29.3 Å². The summed E-state index contributed by atoms with van der Waals surface area (Å²) >= 11 is 5.82. The fraction of sp³-hybridized carbons (Fsp3) is 0.526. The summed E-state index contributed by atoms with van der Waals surface area (Å²) in [5.41, 5.74) is 0. The molecule has 0 radical (unpaired) electrons. The van der Waals surface area contributed by atoms with Crippen LogP contribution in [-0.2, 0) is 24.4 Å². The summed E-state index contributed by atoms with van der Waals surface area (Å²) < 4.78 is 26.9. The maximum Gasteiger partial charge on any atom is 0.312 e. The molecule has 0 spiro atoms. The number of hydrogen-bond donors (Lipinski definition) is 1. The highest BCUT2D eigenvalue weighted by Crippen LogP contribution is 2.15. The highest BCUT2D eigenvalue weighted by Gasteiger charge is 2.31. The van der Waals surface area contributed by atoms with Crippen molar-refractivity contribution in [2.45, 2.75) is 24.2 Å². The number of halogens is 1. The van der Waals surface area contributed by atoms with Gasteiger partial charge in [0.25, 0.3) is 0 Å². The molecule has 3 amide bonds. The van der Waals surface area contributed by atoms with Gasteiger partial charge in [-0.1, -0.05) is 17.7 Å². The molecule has 0 aliphatic carbocycles. The van der Waals surface area contributed by atoms with Gasteiger partial charge in [0.2, 0.25) is 15.9 Å². The Morgan fingerprint density at radius 2 is 1.47 bits per heavy atom. The van der Waals surface area contributed by atoms with Crippen LogP contribution in [0, 0.1) is 0 Å². The summed E-state index contributed by atoms with van der Waals surface area (Å²) in [6, 6.07) is 5.88. The van der Waals surface area contributed by atoms with Crippen LogP contribution < -0.4 is 4.72 Å². The Kier molecular flexibility index (Phi) is 7.32. The molecule has 9 nitrogen and oxygen atoms in total. The molecule has 3 rings (SSSR count). The first-order chi connectivity index (χ1) is 14.3. The van der Waals surface area contributed by atoms with Gasteiger partial charge in [0.05, 0.1) is 4.90 Å². The molecule has 0 unspecified atom stereocenters. The molecule has 2 aliphatic rings. The highest BCUT2D eigenvalue weighted by atomic mass is 35.5. The first-order valence-corrected chi connectivity index (χ1v) is 11.8. The van der Waals surface area contributed by atoms with Crippen molar-refractivity contribution >= 4 is 39.3 Å². The van der Waals surface area contributed by atoms with E-state index in [1.54, 1.807) is 15.9 Å². The van der Waals surface area contributed by atoms with Gasteiger partial charge in [0.15, 0.2) is 0 Å². The topological polar surface area (TPSA) is 107 Å². The monoisotopic (exact) mass is 456 g/mol. The number of hydrogen-bond acceptors (Lipinski definition) is 5. The zero-order chi connectivity index (χ0) is 21.7. The van der Waals surface area contributed by atoms with Crippen LogP contribution in [0.4, 0.5) is 0 Å². The van der Waals surface area contributed by atoms with E-state index < -0.39 is 21.8 Å². The molecular formula is C19H25ClN4O5S. The molecule has 2 fully saturated rings. The molecule has 2 aliphatic heterocycles. The van der Waals surface area contributed by atoms with Gasteiger partial charge in [-0.3, -0.25) is 14.4 Å². The molecule has 30 heavy (non-hydrogen) atoms. The molecule has 1 aromatic rings. The Morgan fingerprint density at radius 1 is 0.900 bits per heavy atom. The zero-order valence-electron chi connectivity index (χ0n) is 16.5. The van der Waals surface area contributed by atoms with Crippen molar-refractivity contribution in [1.82, 2.24) is 19.4 Å². The van der Waals surface area contributed by atoms with E-state index in [0.29, 0.717) is 44.3 Å². The van der Waals surface area contributed by atoms with Crippen LogP contribution in [0.5, 0.6) is 0 Å². The van der Waals surface area contributed by atoms with Crippen LogP contribution in [0.1, 0.15) is 19.3 Å². The molecule has 11 heteroatoms. The maximum absolute atomic E-state index is 12.4. The number of carbonyl (C=O) groups is 3. The largest absolute Gasteiger partial charge is 0.339 e. The molecular weight excluding hydrogens is 432 g/mol. The van der Waals surface area contributed by atoms with Crippen molar-refractivity contribution in [1.29, 1.82) is 0 Å². The number of rotatable bonds is 5. The molecule has 0 aromatic heterocycles. The van der Waals surface area contributed by atoms with Crippen molar-refractivity contribution in [2.24, 2.45) is 0 Å². The summed E-state index contributed by atoms with van der Waals surface area (Å²) in [5, 5.41) is 0.310. The third kappa shape index (κ3) is 5.50. The van der Waals surface area contributed by atoms with Gasteiger partial charge in [-0.15, -0.1) is 0 Å². The second-order valence-electron chi connectivity index (χ2n) is 7.28. The fourth-order valence-corrected chi connectivity index (χ4v) is 4.85. The first kappa shape index (κ1) is 22.5. The van der Waals surface area contributed by atoms with E-state index in [4.69, 9.17) is 11.6 Å². The van der Waals surface area contributed by atoms with Crippen LogP contribution >= 0.6 is 11.6 Å². The van der Waals surface area contributed by atoms with E-state index in [2.05, 4.69) is 4.72 Å². The smallest absolute Gasteiger partial charge is 0.312 e. The second-order valence-corrected chi connectivity index (χ2v) is 9.48. The highest BCUT2D eigenvalue weighted by molar-refractivity contribution is 7.89. The third-order valence-corrected chi connectivity index (χ3v) is 6.93. The number of nitrogens with one attached hydrogen (secondary N) is 1. The predicted octanol–water partition coefficient (Wildman–Crippen LogP) is 0.302. The van der Waals surface area contributed by atoms with Gasteiger partial charge < -0.3 is 14.7 Å². The number of nitrogens with zero attached hydrogens (tertiary/aromatic N) is 3. The predicted molar refractivity (Wildman–Crippen MR) is 110 cm³/mol. The molecule has 2 saturated heterocycles. The Labute approximate surface area is 181 Å². The molecule has 164 valence electrons. The van der Waals surface area contributed by atoms with Crippen molar-refractivity contribution in [3.8, 4) is 0 Å². The summed E-state index contributed by atoms with van der Waals surface area (Å²) in [6.07, 6.45) is 1.84. The lowest BCUT2D eigenvalue weighted by molar-refractivity contribution is -0.153. The number of likely N-dealkylation sites (tertiary alicyclic amines) is 1.